The Balaban J connectivity index is 3.09. The molecule has 1 rings (SSSR count). The van der Waals surface area contributed by atoms with Crippen molar-refractivity contribution < 1.29 is 17.2 Å². The second-order valence-corrected chi connectivity index (χ2v) is 6.60. The Kier molecular flexibility index (Phi) is 3.57. The lowest BCUT2D eigenvalue weighted by atomic mass is 9.85. The van der Waals surface area contributed by atoms with Gasteiger partial charge in [0.25, 0.3) is 5.92 Å². The molecule has 0 bridgehead atoms. The number of hydrogen-bond acceptors (Lipinski definition) is 2. The van der Waals surface area contributed by atoms with Crippen LogP contribution in [0.25, 0.3) is 0 Å². The molecule has 1 atom stereocenters. The van der Waals surface area contributed by atoms with Crippen molar-refractivity contribution in [3.05, 3.63) is 23.3 Å². The first kappa shape index (κ1) is 13.4. The number of rotatable bonds is 3. The van der Waals surface area contributed by atoms with E-state index in [2.05, 4.69) is 0 Å². The number of allylic oxidation sites excluding steroid dienone is 4. The molecular weight excluding hydrogens is 234 g/mol. The maximum atomic E-state index is 13.4. The highest BCUT2D eigenvalue weighted by Gasteiger charge is 2.36. The molecule has 0 aromatic carbocycles. The highest BCUT2D eigenvalue weighted by molar-refractivity contribution is 7.90. The topological polar surface area (TPSA) is 34.1 Å². The van der Waals surface area contributed by atoms with Gasteiger partial charge in [-0.3, -0.25) is 0 Å². The molecule has 0 spiro atoms. The summed E-state index contributed by atoms with van der Waals surface area (Å²) in [5.74, 6) is -3.77. The summed E-state index contributed by atoms with van der Waals surface area (Å²) < 4.78 is 49.2. The molecule has 0 heterocycles. The normalized spacial score (nSPS) is 22.7. The van der Waals surface area contributed by atoms with E-state index in [9.17, 15) is 17.2 Å². The molecule has 1 unspecified atom stereocenters. The zero-order valence-corrected chi connectivity index (χ0v) is 10.4. The molecule has 16 heavy (non-hydrogen) atoms. The zero-order valence-electron chi connectivity index (χ0n) is 9.63. The summed E-state index contributed by atoms with van der Waals surface area (Å²) in [4.78, 5) is 0. The molecule has 1 aliphatic rings. The lowest BCUT2D eigenvalue weighted by molar-refractivity contribution is 0.0518. The van der Waals surface area contributed by atoms with Crippen LogP contribution in [0.2, 0.25) is 0 Å². The number of halogens is 2. The smallest absolute Gasteiger partial charge is 0.229 e. The average Bonchev–Trinajstić information content (AvgIpc) is 1.97. The first-order valence-electron chi connectivity index (χ1n) is 5.04. The Morgan fingerprint density at radius 2 is 2.06 bits per heavy atom. The quantitative estimate of drug-likeness (QED) is 0.771. The fourth-order valence-corrected chi connectivity index (χ4v) is 3.19. The van der Waals surface area contributed by atoms with Gasteiger partial charge in [-0.25, -0.2) is 17.2 Å². The summed E-state index contributed by atoms with van der Waals surface area (Å²) >= 11 is 0. The minimum absolute atomic E-state index is 0.0413. The first-order chi connectivity index (χ1) is 7.11. The van der Waals surface area contributed by atoms with Crippen LogP contribution in [-0.2, 0) is 9.84 Å². The Bertz CT molecular complexity index is 427. The van der Waals surface area contributed by atoms with Gasteiger partial charge in [-0.2, -0.15) is 0 Å². The lowest BCUT2D eigenvalue weighted by Gasteiger charge is -2.27. The first-order valence-corrected chi connectivity index (χ1v) is 7.10. The van der Waals surface area contributed by atoms with Gasteiger partial charge in [0.2, 0.25) is 0 Å². The van der Waals surface area contributed by atoms with Crippen LogP contribution in [0.5, 0.6) is 0 Å². The van der Waals surface area contributed by atoms with Gasteiger partial charge in [0.1, 0.15) is 9.84 Å². The third-order valence-electron chi connectivity index (χ3n) is 2.60. The van der Waals surface area contributed by atoms with E-state index >= 15 is 0 Å². The van der Waals surface area contributed by atoms with Crippen molar-refractivity contribution >= 4 is 9.84 Å². The molecular formula is C11H16F2O2S. The van der Waals surface area contributed by atoms with Gasteiger partial charge in [0.05, 0.1) is 5.75 Å². The van der Waals surface area contributed by atoms with Crippen molar-refractivity contribution in [2.45, 2.75) is 26.2 Å². The Morgan fingerprint density at radius 3 is 2.50 bits per heavy atom. The largest absolute Gasteiger partial charge is 0.267 e. The molecule has 5 heteroatoms. The van der Waals surface area contributed by atoms with E-state index in [0.29, 0.717) is 12.0 Å². The summed E-state index contributed by atoms with van der Waals surface area (Å²) in [7, 11) is -3.24. The van der Waals surface area contributed by atoms with Crippen LogP contribution in [0.1, 0.15) is 20.3 Å². The van der Waals surface area contributed by atoms with Crippen molar-refractivity contribution in [1.82, 2.24) is 0 Å². The van der Waals surface area contributed by atoms with Crippen LogP contribution in [-0.4, -0.2) is 26.3 Å². The fraction of sp³-hybridized carbons (Fsp3) is 0.636. The maximum absolute atomic E-state index is 13.4. The summed E-state index contributed by atoms with van der Waals surface area (Å²) in [6.45, 7) is 2.41. The second-order valence-electron chi connectivity index (χ2n) is 4.41. The highest BCUT2D eigenvalue weighted by atomic mass is 32.2. The van der Waals surface area contributed by atoms with Crippen molar-refractivity contribution in [2.24, 2.45) is 5.92 Å². The van der Waals surface area contributed by atoms with E-state index in [1.54, 1.807) is 19.1 Å². The SMILES string of the molecule is CC1=C(C(C)(F)F)C(CS(C)(=O)=O)CC=C1. The molecule has 92 valence electrons. The molecule has 0 radical (unpaired) electrons. The number of hydrogen-bond donors (Lipinski definition) is 0. The van der Waals surface area contributed by atoms with Crippen molar-refractivity contribution in [3.8, 4) is 0 Å². The van der Waals surface area contributed by atoms with Gasteiger partial charge in [0, 0.05) is 24.7 Å². The molecule has 0 amide bonds. The van der Waals surface area contributed by atoms with Crippen LogP contribution in [0.15, 0.2) is 23.3 Å². The molecule has 0 aromatic rings. The predicted octanol–water partition coefficient (Wildman–Crippen LogP) is 2.58. The van der Waals surface area contributed by atoms with Gasteiger partial charge in [0.15, 0.2) is 0 Å². The van der Waals surface area contributed by atoms with Crippen LogP contribution in [0, 0.1) is 5.92 Å². The minimum Gasteiger partial charge on any atom is -0.229 e. The highest BCUT2D eigenvalue weighted by Crippen LogP contribution is 2.37. The van der Waals surface area contributed by atoms with Crippen LogP contribution < -0.4 is 0 Å². The molecule has 0 aromatic heterocycles. The van der Waals surface area contributed by atoms with Crippen molar-refractivity contribution in [2.75, 3.05) is 12.0 Å². The molecule has 2 nitrogen and oxygen atoms in total. The molecule has 0 saturated heterocycles. The summed E-state index contributed by atoms with van der Waals surface area (Å²) in [5.41, 5.74) is 0.438. The van der Waals surface area contributed by atoms with E-state index in [1.807, 2.05) is 0 Å². The van der Waals surface area contributed by atoms with E-state index < -0.39 is 21.7 Å². The standard InChI is InChI=1S/C11H16F2O2S/c1-8-5-4-6-9(7-16(3,14)15)10(8)11(2,12)13/h4-5,9H,6-7H2,1-3H3. The van der Waals surface area contributed by atoms with E-state index in [-0.39, 0.29) is 11.3 Å². The molecule has 0 N–H and O–H groups in total. The molecule has 1 aliphatic carbocycles. The molecule has 0 saturated carbocycles. The molecule has 0 fully saturated rings. The van der Waals surface area contributed by atoms with Crippen LogP contribution in [0.4, 0.5) is 8.78 Å². The Hall–Kier alpha value is -0.710. The summed E-state index contributed by atoms with van der Waals surface area (Å²) in [6, 6.07) is 0. The van der Waals surface area contributed by atoms with E-state index in [1.165, 1.54) is 0 Å². The van der Waals surface area contributed by atoms with Gasteiger partial charge in [-0.05, 0) is 18.9 Å². The monoisotopic (exact) mass is 250 g/mol. The summed E-state index contributed by atoms with van der Waals surface area (Å²) in [6.07, 6.45) is 4.82. The zero-order chi connectivity index (χ0) is 12.6. The molecule has 0 aliphatic heterocycles. The third-order valence-corrected chi connectivity index (χ3v) is 3.61. The van der Waals surface area contributed by atoms with Gasteiger partial charge < -0.3 is 0 Å². The van der Waals surface area contributed by atoms with Crippen molar-refractivity contribution in [1.29, 1.82) is 0 Å². The second kappa shape index (κ2) is 4.28. The Morgan fingerprint density at radius 1 is 1.50 bits per heavy atom. The van der Waals surface area contributed by atoms with E-state index in [0.717, 1.165) is 13.2 Å². The lowest BCUT2D eigenvalue weighted by Crippen LogP contribution is -2.28. The van der Waals surface area contributed by atoms with Gasteiger partial charge in [-0.1, -0.05) is 12.2 Å². The summed E-state index contributed by atoms with van der Waals surface area (Å²) in [5, 5.41) is 0. The number of sulfone groups is 1. The minimum atomic E-state index is -3.24. The average molecular weight is 250 g/mol. The van der Waals surface area contributed by atoms with Crippen LogP contribution >= 0.6 is 0 Å². The maximum Gasteiger partial charge on any atom is 0.267 e. The van der Waals surface area contributed by atoms with Gasteiger partial charge in [-0.15, -0.1) is 0 Å². The van der Waals surface area contributed by atoms with Gasteiger partial charge >= 0.3 is 0 Å². The predicted molar refractivity (Wildman–Crippen MR) is 60.3 cm³/mol. The Labute approximate surface area is 95.0 Å². The number of alkyl halides is 2. The van der Waals surface area contributed by atoms with Crippen molar-refractivity contribution in [3.63, 3.8) is 0 Å². The van der Waals surface area contributed by atoms with E-state index in [4.69, 9.17) is 0 Å². The fourth-order valence-electron chi connectivity index (χ4n) is 2.16. The third kappa shape index (κ3) is 3.40. The van der Waals surface area contributed by atoms with Crippen LogP contribution in [0.3, 0.4) is 0 Å².